The lowest BCUT2D eigenvalue weighted by atomic mass is 9.93. The van der Waals surface area contributed by atoms with Gasteiger partial charge in [0.05, 0.1) is 24.1 Å². The van der Waals surface area contributed by atoms with Gasteiger partial charge in [-0.15, -0.1) is 0 Å². The normalized spacial score (nSPS) is 10.7. The standard InChI is InChI=1S/C31H25N3.C30H25N3.4C2H6/c1-21-24-13-8-9-15-28(24)33-30(32-21)20-34(2)29-19-18-26-25-14-7-6-10-22(25)16-17-27(26)31(29)23-11-4-3-5-12-23;1-20-23-13-8-9-15-27(23)32-29(31-20)19-33(2)28-17-16-25-24-14-7-6-12-22(24)18-26(25)30(28)21-10-4-3-5-11-21;4*1-2/h3-19H,20H2,1-2H3;3-17H,18-19H2,1-2H3;4*1-2H3. The number of nitrogens with zero attached hydrogens (tertiary/aromatic N) is 6. The van der Waals surface area contributed by atoms with Crippen molar-refractivity contribution >= 4 is 54.7 Å². The molecule has 0 unspecified atom stereocenters. The summed E-state index contributed by atoms with van der Waals surface area (Å²) in [7, 11) is 4.27. The minimum Gasteiger partial charge on any atom is -0.367 e. The molecule has 0 fully saturated rings. The van der Waals surface area contributed by atoms with E-state index in [9.17, 15) is 0 Å². The largest absolute Gasteiger partial charge is 0.367 e. The van der Waals surface area contributed by atoms with Crippen LogP contribution in [0.5, 0.6) is 0 Å². The fraction of sp³-hybridized carbons (Fsp3) is 0.217. The van der Waals surface area contributed by atoms with E-state index in [0.29, 0.717) is 13.1 Å². The Balaban J connectivity index is 0.000000193. The lowest BCUT2D eigenvalue weighted by Crippen LogP contribution is -2.20. The number of anilines is 2. The maximum absolute atomic E-state index is 4.86. The maximum atomic E-state index is 4.86. The minimum absolute atomic E-state index is 0.630. The SMILES string of the molecule is CC.CC.CC.CC.Cc1nc(CN(C)c2ccc3c(c2-c2ccccc2)Cc2ccccc2-3)nc2ccccc12.Cc1nc(CN(C)c2ccc3c(ccc4ccccc43)c2-c2ccccc2)nc2ccccc12. The van der Waals surface area contributed by atoms with Crippen LogP contribution < -0.4 is 9.80 Å². The Hall–Kier alpha value is -8.22. The quantitative estimate of drug-likeness (QED) is 0.141. The molecule has 9 aromatic carbocycles. The average Bonchev–Trinajstić information content (AvgIpc) is 3.87. The van der Waals surface area contributed by atoms with Crippen LogP contribution in [0.3, 0.4) is 0 Å². The Bertz CT molecular complexity index is 3620. The van der Waals surface area contributed by atoms with Crippen molar-refractivity contribution in [1.29, 1.82) is 0 Å². The molecule has 0 bridgehead atoms. The molecule has 0 amide bonds. The molecule has 6 heteroatoms. The van der Waals surface area contributed by atoms with Gasteiger partial charge in [0, 0.05) is 58.8 Å². The summed E-state index contributed by atoms with van der Waals surface area (Å²) in [6.07, 6.45) is 0.961. The van der Waals surface area contributed by atoms with Gasteiger partial charge in [0.25, 0.3) is 0 Å². The summed E-state index contributed by atoms with van der Waals surface area (Å²) in [5.41, 5.74) is 16.9. The van der Waals surface area contributed by atoms with E-state index in [2.05, 4.69) is 208 Å². The molecule has 6 nitrogen and oxygen atoms in total. The molecule has 2 heterocycles. The number of hydrogen-bond donors (Lipinski definition) is 0. The van der Waals surface area contributed by atoms with Crippen molar-refractivity contribution in [3.05, 3.63) is 228 Å². The van der Waals surface area contributed by atoms with Gasteiger partial charge in [-0.3, -0.25) is 0 Å². The Labute approximate surface area is 446 Å². The monoisotopic (exact) mass is 987 g/mol. The van der Waals surface area contributed by atoms with Gasteiger partial charge in [0.1, 0.15) is 11.6 Å². The number of fused-ring (bicyclic) bond motifs is 8. The third-order valence-electron chi connectivity index (χ3n) is 13.3. The number of aromatic nitrogens is 4. The predicted molar refractivity (Wildman–Crippen MR) is 325 cm³/mol. The summed E-state index contributed by atoms with van der Waals surface area (Å²) >= 11 is 0. The molecule has 1 aliphatic rings. The van der Waals surface area contributed by atoms with Crippen molar-refractivity contribution in [1.82, 2.24) is 19.9 Å². The molecule has 0 aliphatic heterocycles. The van der Waals surface area contributed by atoms with E-state index < -0.39 is 0 Å². The van der Waals surface area contributed by atoms with E-state index in [1.54, 1.807) is 0 Å². The summed E-state index contributed by atoms with van der Waals surface area (Å²) in [6.45, 7) is 21.4. The Morgan fingerprint density at radius 1 is 0.360 bits per heavy atom. The van der Waals surface area contributed by atoms with Crippen LogP contribution in [0.1, 0.15) is 89.6 Å². The third-order valence-corrected chi connectivity index (χ3v) is 13.3. The van der Waals surface area contributed by atoms with E-state index in [4.69, 9.17) is 19.9 Å². The van der Waals surface area contributed by atoms with Crippen molar-refractivity contribution < 1.29 is 0 Å². The second kappa shape index (κ2) is 26.1. The molecule has 0 saturated heterocycles. The molecule has 1 aliphatic carbocycles. The van der Waals surface area contributed by atoms with Gasteiger partial charge in [-0.1, -0.05) is 225 Å². The summed E-state index contributed by atoms with van der Waals surface area (Å²) in [4.78, 5) is 23.9. The Morgan fingerprint density at radius 3 is 1.37 bits per heavy atom. The van der Waals surface area contributed by atoms with Crippen LogP contribution >= 0.6 is 0 Å². The first-order valence-corrected chi connectivity index (χ1v) is 27.0. The zero-order valence-electron chi connectivity index (χ0n) is 46.3. The molecule has 0 saturated carbocycles. The number of benzene rings is 9. The van der Waals surface area contributed by atoms with Crippen molar-refractivity contribution in [2.45, 2.75) is 88.7 Å². The fourth-order valence-electron chi connectivity index (χ4n) is 10.1. The van der Waals surface area contributed by atoms with E-state index in [1.165, 1.54) is 77.4 Å². The molecular weight excluding hydrogens is 913 g/mol. The molecule has 2 aromatic heterocycles. The van der Waals surface area contributed by atoms with E-state index in [-0.39, 0.29) is 0 Å². The second-order valence-electron chi connectivity index (χ2n) is 17.6. The van der Waals surface area contributed by atoms with E-state index in [0.717, 1.165) is 51.3 Å². The molecule has 0 radical (unpaired) electrons. The molecule has 0 N–H and O–H groups in total. The van der Waals surface area contributed by atoms with Gasteiger partial charge in [-0.2, -0.15) is 0 Å². The average molecular weight is 987 g/mol. The third kappa shape index (κ3) is 11.8. The summed E-state index contributed by atoms with van der Waals surface area (Å²) in [5.74, 6) is 1.67. The highest BCUT2D eigenvalue weighted by Crippen LogP contribution is 2.46. The Kier molecular flexibility index (Phi) is 19.0. The highest BCUT2D eigenvalue weighted by atomic mass is 15.1. The van der Waals surface area contributed by atoms with Gasteiger partial charge in [0.15, 0.2) is 0 Å². The van der Waals surface area contributed by atoms with Crippen LogP contribution in [0, 0.1) is 13.8 Å². The molecular formula is C69H74N6. The molecule has 0 spiro atoms. The summed E-state index contributed by atoms with van der Waals surface area (Å²) in [6, 6.07) is 68.7. The van der Waals surface area contributed by atoms with Gasteiger partial charge >= 0.3 is 0 Å². The zero-order valence-corrected chi connectivity index (χ0v) is 46.3. The molecule has 75 heavy (non-hydrogen) atoms. The van der Waals surface area contributed by atoms with Gasteiger partial charge in [0.2, 0.25) is 0 Å². The van der Waals surface area contributed by atoms with Crippen LogP contribution in [0.15, 0.2) is 194 Å². The van der Waals surface area contributed by atoms with Crippen molar-refractivity contribution in [3.8, 4) is 33.4 Å². The minimum atomic E-state index is 0.630. The van der Waals surface area contributed by atoms with Gasteiger partial charge in [-0.25, -0.2) is 19.9 Å². The number of aryl methyl sites for hydroxylation is 2. The number of para-hydroxylation sites is 2. The maximum Gasteiger partial charge on any atom is 0.148 e. The lowest BCUT2D eigenvalue weighted by Gasteiger charge is -2.24. The van der Waals surface area contributed by atoms with Crippen molar-refractivity contribution in [2.75, 3.05) is 23.9 Å². The van der Waals surface area contributed by atoms with E-state index >= 15 is 0 Å². The van der Waals surface area contributed by atoms with Crippen LogP contribution in [0.2, 0.25) is 0 Å². The fourth-order valence-corrected chi connectivity index (χ4v) is 10.1. The highest BCUT2D eigenvalue weighted by Gasteiger charge is 2.25. The first-order valence-electron chi connectivity index (χ1n) is 27.0. The highest BCUT2D eigenvalue weighted by molar-refractivity contribution is 6.14. The number of rotatable bonds is 8. The van der Waals surface area contributed by atoms with Crippen LogP contribution in [0.25, 0.3) is 76.7 Å². The van der Waals surface area contributed by atoms with Gasteiger partial charge < -0.3 is 9.80 Å². The summed E-state index contributed by atoms with van der Waals surface area (Å²) < 4.78 is 0. The lowest BCUT2D eigenvalue weighted by molar-refractivity contribution is 0.840. The first-order chi connectivity index (χ1) is 36.9. The Morgan fingerprint density at radius 2 is 0.800 bits per heavy atom. The van der Waals surface area contributed by atoms with Crippen LogP contribution in [-0.2, 0) is 19.5 Å². The predicted octanol–water partition coefficient (Wildman–Crippen LogP) is 18.5. The smallest absolute Gasteiger partial charge is 0.148 e. The molecule has 380 valence electrons. The van der Waals surface area contributed by atoms with Crippen molar-refractivity contribution in [2.24, 2.45) is 0 Å². The summed E-state index contributed by atoms with van der Waals surface area (Å²) in [5, 5.41) is 7.28. The topological polar surface area (TPSA) is 58.0 Å². The van der Waals surface area contributed by atoms with Crippen LogP contribution in [-0.4, -0.2) is 34.0 Å². The van der Waals surface area contributed by atoms with E-state index in [1.807, 2.05) is 79.7 Å². The molecule has 0 atom stereocenters. The first kappa shape index (κ1) is 54.6. The van der Waals surface area contributed by atoms with Gasteiger partial charge in [-0.05, 0) is 99.5 Å². The zero-order chi connectivity index (χ0) is 53.4. The van der Waals surface area contributed by atoms with Crippen LogP contribution in [0.4, 0.5) is 11.4 Å². The molecule has 11 aromatic rings. The second-order valence-corrected chi connectivity index (χ2v) is 17.6. The molecule has 12 rings (SSSR count). The van der Waals surface area contributed by atoms with Crippen molar-refractivity contribution in [3.63, 3.8) is 0 Å². The number of hydrogen-bond acceptors (Lipinski definition) is 6.